The summed E-state index contributed by atoms with van der Waals surface area (Å²) in [7, 11) is 5.17. The second-order valence-electron chi connectivity index (χ2n) is 4.94. The molecule has 106 valence electrons. The van der Waals surface area contributed by atoms with Crippen molar-refractivity contribution in [3.63, 3.8) is 0 Å². The summed E-state index contributed by atoms with van der Waals surface area (Å²) >= 11 is 0. The van der Waals surface area contributed by atoms with Gasteiger partial charge in [0, 0.05) is 40.3 Å². The van der Waals surface area contributed by atoms with Crippen molar-refractivity contribution in [2.45, 2.75) is 24.9 Å². The molecule has 1 aliphatic rings. The highest BCUT2D eigenvalue weighted by Gasteiger charge is 2.24. The molecule has 1 fully saturated rings. The van der Waals surface area contributed by atoms with Crippen molar-refractivity contribution in [3.05, 3.63) is 0 Å². The van der Waals surface area contributed by atoms with Crippen LogP contribution >= 0.6 is 0 Å². The van der Waals surface area contributed by atoms with E-state index in [9.17, 15) is 9.90 Å². The van der Waals surface area contributed by atoms with Crippen molar-refractivity contribution in [3.8, 4) is 0 Å². The molecule has 6 nitrogen and oxygen atoms in total. The SMILES string of the molecule is COCC(CO)NC1CCN(C(=O)N(C)C)CC1. The minimum Gasteiger partial charge on any atom is -0.395 e. The number of piperidine rings is 1. The number of rotatable bonds is 5. The number of urea groups is 1. The van der Waals surface area contributed by atoms with Crippen molar-refractivity contribution in [1.82, 2.24) is 15.1 Å². The number of likely N-dealkylation sites (tertiary alicyclic amines) is 1. The maximum atomic E-state index is 11.8. The molecule has 2 N–H and O–H groups in total. The highest BCUT2D eigenvalue weighted by atomic mass is 16.5. The van der Waals surface area contributed by atoms with Crippen molar-refractivity contribution in [1.29, 1.82) is 0 Å². The Morgan fingerprint density at radius 1 is 1.50 bits per heavy atom. The average Bonchev–Trinajstić information content (AvgIpc) is 2.38. The minimum absolute atomic E-state index is 0.0175. The molecule has 0 spiro atoms. The average molecular weight is 259 g/mol. The third kappa shape index (κ3) is 4.44. The monoisotopic (exact) mass is 259 g/mol. The second-order valence-corrected chi connectivity index (χ2v) is 4.94. The van der Waals surface area contributed by atoms with E-state index in [2.05, 4.69) is 5.32 Å². The van der Waals surface area contributed by atoms with E-state index in [1.807, 2.05) is 4.90 Å². The van der Waals surface area contributed by atoms with Gasteiger partial charge in [-0.1, -0.05) is 0 Å². The van der Waals surface area contributed by atoms with E-state index in [1.54, 1.807) is 26.1 Å². The number of carbonyl (C=O) groups is 1. The Bertz CT molecular complexity index is 253. The number of hydrogen-bond donors (Lipinski definition) is 2. The fraction of sp³-hybridized carbons (Fsp3) is 0.917. The van der Waals surface area contributed by atoms with E-state index >= 15 is 0 Å². The molecule has 1 unspecified atom stereocenters. The van der Waals surface area contributed by atoms with Crippen molar-refractivity contribution < 1.29 is 14.6 Å². The van der Waals surface area contributed by atoms with Crippen LogP contribution in [0.5, 0.6) is 0 Å². The molecule has 1 aliphatic heterocycles. The van der Waals surface area contributed by atoms with Crippen molar-refractivity contribution >= 4 is 6.03 Å². The Morgan fingerprint density at radius 2 is 2.11 bits per heavy atom. The highest BCUT2D eigenvalue weighted by Crippen LogP contribution is 2.12. The Hall–Kier alpha value is -0.850. The van der Waals surface area contributed by atoms with Crippen LogP contribution in [0.25, 0.3) is 0 Å². The van der Waals surface area contributed by atoms with Gasteiger partial charge in [0.05, 0.1) is 19.3 Å². The molecule has 1 rings (SSSR count). The van der Waals surface area contributed by atoms with Gasteiger partial charge in [0.25, 0.3) is 0 Å². The van der Waals surface area contributed by atoms with E-state index in [4.69, 9.17) is 4.74 Å². The molecule has 0 aromatic heterocycles. The summed E-state index contributed by atoms with van der Waals surface area (Å²) in [6.07, 6.45) is 1.83. The molecule has 1 heterocycles. The van der Waals surface area contributed by atoms with E-state index < -0.39 is 0 Å². The number of aliphatic hydroxyl groups is 1. The summed E-state index contributed by atoms with van der Waals surface area (Å²) in [5, 5.41) is 12.6. The van der Waals surface area contributed by atoms with Crippen LogP contribution in [0.2, 0.25) is 0 Å². The number of methoxy groups -OCH3 is 1. The molecular weight excluding hydrogens is 234 g/mol. The lowest BCUT2D eigenvalue weighted by atomic mass is 10.0. The predicted octanol–water partition coefficient (Wildman–Crippen LogP) is -0.271. The standard InChI is InChI=1S/C12H25N3O3/c1-14(2)12(17)15-6-4-10(5-7-15)13-11(8-16)9-18-3/h10-11,13,16H,4-9H2,1-3H3. The first-order chi connectivity index (χ1) is 8.58. The second kappa shape index (κ2) is 7.56. The molecule has 2 amide bonds. The molecule has 1 saturated heterocycles. The van der Waals surface area contributed by atoms with Gasteiger partial charge in [-0.2, -0.15) is 0 Å². The zero-order valence-electron chi connectivity index (χ0n) is 11.6. The van der Waals surface area contributed by atoms with Crippen LogP contribution in [0, 0.1) is 0 Å². The topological polar surface area (TPSA) is 65.0 Å². The van der Waals surface area contributed by atoms with Crippen LogP contribution in [-0.2, 0) is 4.74 Å². The zero-order valence-corrected chi connectivity index (χ0v) is 11.6. The number of amides is 2. The largest absolute Gasteiger partial charge is 0.395 e. The fourth-order valence-electron chi connectivity index (χ4n) is 2.21. The van der Waals surface area contributed by atoms with E-state index in [0.717, 1.165) is 25.9 Å². The van der Waals surface area contributed by atoms with Gasteiger partial charge in [-0.3, -0.25) is 0 Å². The molecular formula is C12H25N3O3. The molecule has 0 aromatic rings. The van der Waals surface area contributed by atoms with Gasteiger partial charge in [0.15, 0.2) is 0 Å². The maximum absolute atomic E-state index is 11.8. The summed E-state index contributed by atoms with van der Waals surface area (Å²) in [5.74, 6) is 0. The summed E-state index contributed by atoms with van der Waals surface area (Å²) in [4.78, 5) is 15.2. The minimum atomic E-state index is -0.0175. The summed E-state index contributed by atoms with van der Waals surface area (Å²) in [5.41, 5.74) is 0. The van der Waals surface area contributed by atoms with Gasteiger partial charge in [-0.25, -0.2) is 4.79 Å². The number of carbonyl (C=O) groups excluding carboxylic acids is 1. The summed E-state index contributed by atoms with van der Waals surface area (Å²) in [6, 6.07) is 0.406. The van der Waals surface area contributed by atoms with Gasteiger partial charge in [0.2, 0.25) is 0 Å². The number of ether oxygens (including phenoxy) is 1. The highest BCUT2D eigenvalue weighted by molar-refractivity contribution is 5.73. The Balaban J connectivity index is 2.32. The van der Waals surface area contributed by atoms with E-state index in [1.165, 1.54) is 0 Å². The number of nitrogens with one attached hydrogen (secondary N) is 1. The number of nitrogens with zero attached hydrogens (tertiary/aromatic N) is 2. The van der Waals surface area contributed by atoms with Crippen LogP contribution in [0.3, 0.4) is 0 Å². The van der Waals surface area contributed by atoms with Gasteiger partial charge in [0.1, 0.15) is 0 Å². The first-order valence-electron chi connectivity index (χ1n) is 6.40. The molecule has 1 atom stereocenters. The van der Waals surface area contributed by atoms with Gasteiger partial charge in [-0.05, 0) is 12.8 Å². The molecule has 0 radical (unpaired) electrons. The van der Waals surface area contributed by atoms with Crippen molar-refractivity contribution in [2.75, 3.05) is 47.5 Å². The Morgan fingerprint density at radius 3 is 2.56 bits per heavy atom. The lowest BCUT2D eigenvalue weighted by Gasteiger charge is -2.35. The van der Waals surface area contributed by atoms with Crippen LogP contribution in [-0.4, -0.2) is 80.5 Å². The summed E-state index contributed by atoms with van der Waals surface area (Å²) < 4.78 is 5.03. The number of hydrogen-bond acceptors (Lipinski definition) is 4. The van der Waals surface area contributed by atoms with Gasteiger partial charge >= 0.3 is 6.03 Å². The lowest BCUT2D eigenvalue weighted by molar-refractivity contribution is 0.109. The fourth-order valence-corrected chi connectivity index (χ4v) is 2.21. The van der Waals surface area contributed by atoms with Crippen molar-refractivity contribution in [2.24, 2.45) is 0 Å². The third-order valence-electron chi connectivity index (χ3n) is 3.21. The van der Waals surface area contributed by atoms with Gasteiger partial charge < -0.3 is 25.0 Å². The zero-order chi connectivity index (χ0) is 13.5. The normalized spacial score (nSPS) is 18.8. The predicted molar refractivity (Wildman–Crippen MR) is 69.6 cm³/mol. The maximum Gasteiger partial charge on any atom is 0.319 e. The molecule has 0 saturated carbocycles. The van der Waals surface area contributed by atoms with E-state index in [-0.39, 0.29) is 18.7 Å². The quantitative estimate of drug-likeness (QED) is 0.713. The molecule has 0 aliphatic carbocycles. The molecule has 6 heteroatoms. The Kier molecular flexibility index (Phi) is 6.38. The van der Waals surface area contributed by atoms with E-state index in [0.29, 0.717) is 12.6 Å². The third-order valence-corrected chi connectivity index (χ3v) is 3.21. The molecule has 0 aromatic carbocycles. The first-order valence-corrected chi connectivity index (χ1v) is 6.40. The van der Waals surface area contributed by atoms with Crippen LogP contribution in [0.1, 0.15) is 12.8 Å². The number of aliphatic hydroxyl groups excluding tert-OH is 1. The first kappa shape index (κ1) is 15.2. The Labute approximate surface area is 109 Å². The van der Waals surface area contributed by atoms with Crippen LogP contribution in [0.4, 0.5) is 4.79 Å². The summed E-state index contributed by atoms with van der Waals surface area (Å²) in [6.45, 7) is 2.11. The smallest absolute Gasteiger partial charge is 0.319 e. The molecule has 0 bridgehead atoms. The van der Waals surface area contributed by atoms with Crippen LogP contribution in [0.15, 0.2) is 0 Å². The van der Waals surface area contributed by atoms with Crippen LogP contribution < -0.4 is 5.32 Å². The lowest BCUT2D eigenvalue weighted by Crippen LogP contribution is -2.51. The molecule has 18 heavy (non-hydrogen) atoms. The van der Waals surface area contributed by atoms with Gasteiger partial charge in [-0.15, -0.1) is 0 Å².